The molecule has 2 amide bonds. The lowest BCUT2D eigenvalue weighted by atomic mass is 10.3. The van der Waals surface area contributed by atoms with Gasteiger partial charge in [0.15, 0.2) is 0 Å². The molecule has 1 N–H and O–H groups in total. The molecule has 0 spiro atoms. The summed E-state index contributed by atoms with van der Waals surface area (Å²) in [4.78, 5) is 36.7. The first-order chi connectivity index (χ1) is 9.32. The molecule has 1 rings (SSSR count). The first kappa shape index (κ1) is 15.7. The fourth-order valence-electron chi connectivity index (χ4n) is 1.63. The van der Waals surface area contributed by atoms with Crippen LogP contribution in [0.15, 0.2) is 18.5 Å². The molecule has 0 aliphatic rings. The van der Waals surface area contributed by atoms with Crippen molar-refractivity contribution in [2.45, 2.75) is 13.0 Å². The third-order valence-electron chi connectivity index (χ3n) is 2.83. The molecule has 110 valence electrons. The largest absolute Gasteiger partial charge is 0.480 e. The maximum atomic E-state index is 12.1. The number of hydrogen-bond acceptors (Lipinski definition) is 4. The van der Waals surface area contributed by atoms with E-state index in [0.717, 1.165) is 4.90 Å². The van der Waals surface area contributed by atoms with Crippen molar-refractivity contribution in [3.8, 4) is 0 Å². The van der Waals surface area contributed by atoms with Crippen LogP contribution in [0.4, 0.5) is 0 Å². The van der Waals surface area contributed by atoms with E-state index < -0.39 is 24.5 Å². The van der Waals surface area contributed by atoms with Gasteiger partial charge >= 0.3 is 5.97 Å². The van der Waals surface area contributed by atoms with E-state index in [-0.39, 0.29) is 12.5 Å². The third-order valence-corrected chi connectivity index (χ3v) is 2.83. The second-order valence-electron chi connectivity index (χ2n) is 4.50. The quantitative estimate of drug-likeness (QED) is 0.755. The Morgan fingerprint density at radius 1 is 1.25 bits per heavy atom. The van der Waals surface area contributed by atoms with E-state index >= 15 is 0 Å². The van der Waals surface area contributed by atoms with Gasteiger partial charge in [-0.05, 0) is 13.0 Å². The molecule has 0 fully saturated rings. The van der Waals surface area contributed by atoms with Crippen molar-refractivity contribution >= 4 is 17.8 Å². The normalized spacial score (nSPS) is 11.8. The zero-order valence-electron chi connectivity index (χ0n) is 11.7. The Hall–Kier alpha value is -2.38. The number of aromatic nitrogens is 2. The van der Waals surface area contributed by atoms with Crippen LogP contribution in [0.1, 0.15) is 13.0 Å². The summed E-state index contributed by atoms with van der Waals surface area (Å²) in [5.74, 6) is -1.80. The molecule has 8 heteroatoms. The van der Waals surface area contributed by atoms with Crippen molar-refractivity contribution in [3.63, 3.8) is 0 Å². The molecule has 0 aliphatic carbocycles. The van der Waals surface area contributed by atoms with E-state index in [9.17, 15) is 14.4 Å². The molecule has 0 aromatic carbocycles. The van der Waals surface area contributed by atoms with Gasteiger partial charge in [0.1, 0.15) is 12.6 Å². The number of amides is 2. The molecule has 1 aromatic rings. The highest BCUT2D eigenvalue weighted by Gasteiger charge is 2.22. The van der Waals surface area contributed by atoms with Crippen LogP contribution in [-0.4, -0.2) is 69.7 Å². The van der Waals surface area contributed by atoms with Crippen molar-refractivity contribution in [2.24, 2.45) is 0 Å². The van der Waals surface area contributed by atoms with Crippen molar-refractivity contribution in [1.29, 1.82) is 0 Å². The van der Waals surface area contributed by atoms with Crippen LogP contribution >= 0.6 is 0 Å². The van der Waals surface area contributed by atoms with Crippen LogP contribution < -0.4 is 0 Å². The predicted octanol–water partition coefficient (Wildman–Crippen LogP) is -0.554. The maximum Gasteiger partial charge on any atom is 0.323 e. The lowest BCUT2D eigenvalue weighted by molar-refractivity contribution is -0.145. The highest BCUT2D eigenvalue weighted by Crippen LogP contribution is 2.07. The van der Waals surface area contributed by atoms with E-state index in [1.54, 1.807) is 25.4 Å². The van der Waals surface area contributed by atoms with Crippen molar-refractivity contribution in [3.05, 3.63) is 18.5 Å². The zero-order valence-corrected chi connectivity index (χ0v) is 11.7. The summed E-state index contributed by atoms with van der Waals surface area (Å²) >= 11 is 0. The second kappa shape index (κ2) is 6.69. The van der Waals surface area contributed by atoms with E-state index in [1.807, 2.05) is 0 Å². The van der Waals surface area contributed by atoms with E-state index in [1.165, 1.54) is 23.7 Å². The van der Waals surface area contributed by atoms with E-state index in [0.29, 0.717) is 0 Å². The second-order valence-corrected chi connectivity index (χ2v) is 4.50. The summed E-state index contributed by atoms with van der Waals surface area (Å²) in [5.41, 5.74) is 0. The first-order valence-electron chi connectivity index (χ1n) is 6.02. The van der Waals surface area contributed by atoms with Gasteiger partial charge in [-0.3, -0.25) is 19.1 Å². The zero-order chi connectivity index (χ0) is 15.3. The van der Waals surface area contributed by atoms with Gasteiger partial charge in [0.2, 0.25) is 11.8 Å². The number of carboxylic acids is 1. The number of nitrogens with zero attached hydrogens (tertiary/aromatic N) is 4. The summed E-state index contributed by atoms with van der Waals surface area (Å²) in [6, 6.07) is 1.18. The predicted molar refractivity (Wildman–Crippen MR) is 69.8 cm³/mol. The van der Waals surface area contributed by atoms with Gasteiger partial charge < -0.3 is 14.9 Å². The first-order valence-corrected chi connectivity index (χ1v) is 6.02. The maximum absolute atomic E-state index is 12.1. The Kier molecular flexibility index (Phi) is 5.24. The Balaban J connectivity index is 2.57. The van der Waals surface area contributed by atoms with Crippen LogP contribution in [0, 0.1) is 0 Å². The van der Waals surface area contributed by atoms with Crippen LogP contribution in [0.3, 0.4) is 0 Å². The minimum atomic E-state index is -1.10. The SMILES string of the molecule is CC(C(=O)N(C)CC(=O)N(C)CC(=O)O)n1cccn1. The van der Waals surface area contributed by atoms with Gasteiger partial charge in [0.25, 0.3) is 0 Å². The smallest absolute Gasteiger partial charge is 0.323 e. The van der Waals surface area contributed by atoms with Gasteiger partial charge in [-0.25, -0.2) is 0 Å². The number of rotatable bonds is 6. The van der Waals surface area contributed by atoms with Crippen LogP contribution in [-0.2, 0) is 14.4 Å². The van der Waals surface area contributed by atoms with E-state index in [4.69, 9.17) is 5.11 Å². The topological polar surface area (TPSA) is 95.7 Å². The molecule has 1 atom stereocenters. The van der Waals surface area contributed by atoms with Gasteiger partial charge in [-0.2, -0.15) is 5.10 Å². The number of carbonyl (C=O) groups excluding carboxylic acids is 2. The van der Waals surface area contributed by atoms with Crippen molar-refractivity contribution in [2.75, 3.05) is 27.2 Å². The summed E-state index contributed by atoms with van der Waals surface area (Å²) in [6.07, 6.45) is 3.23. The molecule has 0 aliphatic heterocycles. The lowest BCUT2D eigenvalue weighted by Crippen LogP contribution is -2.43. The van der Waals surface area contributed by atoms with Gasteiger partial charge in [0, 0.05) is 26.5 Å². The highest BCUT2D eigenvalue weighted by atomic mass is 16.4. The van der Waals surface area contributed by atoms with Gasteiger partial charge in [-0.1, -0.05) is 0 Å². The molecule has 0 radical (unpaired) electrons. The summed E-state index contributed by atoms with van der Waals surface area (Å²) in [6.45, 7) is 1.11. The molecule has 20 heavy (non-hydrogen) atoms. The molecular formula is C12H18N4O4. The van der Waals surface area contributed by atoms with Crippen molar-refractivity contribution < 1.29 is 19.5 Å². The third kappa shape index (κ3) is 4.08. The Morgan fingerprint density at radius 2 is 1.90 bits per heavy atom. The van der Waals surface area contributed by atoms with Crippen LogP contribution in [0.5, 0.6) is 0 Å². The Bertz CT molecular complexity index is 486. The molecular weight excluding hydrogens is 264 g/mol. The molecule has 1 aromatic heterocycles. The fourth-order valence-corrected chi connectivity index (χ4v) is 1.63. The molecule has 8 nitrogen and oxygen atoms in total. The minimum Gasteiger partial charge on any atom is -0.480 e. The molecule has 1 heterocycles. The van der Waals surface area contributed by atoms with Crippen LogP contribution in [0.25, 0.3) is 0 Å². The summed E-state index contributed by atoms with van der Waals surface area (Å²) < 4.78 is 1.49. The number of aliphatic carboxylic acids is 1. The lowest BCUT2D eigenvalue weighted by Gasteiger charge is -2.23. The molecule has 0 saturated carbocycles. The summed E-state index contributed by atoms with van der Waals surface area (Å²) in [7, 11) is 2.88. The van der Waals surface area contributed by atoms with Gasteiger partial charge in [0.05, 0.1) is 6.54 Å². The van der Waals surface area contributed by atoms with Crippen LogP contribution in [0.2, 0.25) is 0 Å². The summed E-state index contributed by atoms with van der Waals surface area (Å²) in [5, 5.41) is 12.6. The Morgan fingerprint density at radius 3 is 2.40 bits per heavy atom. The number of carboxylic acid groups (broad SMARTS) is 1. The fraction of sp³-hybridized carbons (Fsp3) is 0.500. The number of hydrogen-bond donors (Lipinski definition) is 1. The number of likely N-dealkylation sites (N-methyl/N-ethyl adjacent to an activating group) is 2. The highest BCUT2D eigenvalue weighted by molar-refractivity contribution is 5.87. The van der Waals surface area contributed by atoms with Gasteiger partial charge in [-0.15, -0.1) is 0 Å². The average Bonchev–Trinajstić information content (AvgIpc) is 2.89. The van der Waals surface area contributed by atoms with Crippen molar-refractivity contribution in [1.82, 2.24) is 19.6 Å². The Labute approximate surface area is 116 Å². The molecule has 1 unspecified atom stereocenters. The standard InChI is InChI=1S/C12H18N4O4/c1-9(16-6-4-5-13-16)12(20)15(3)7-10(17)14(2)8-11(18)19/h4-6,9H,7-8H2,1-3H3,(H,18,19). The molecule has 0 bridgehead atoms. The minimum absolute atomic E-state index is 0.172. The van der Waals surface area contributed by atoms with E-state index in [2.05, 4.69) is 5.10 Å². The average molecular weight is 282 g/mol. The monoisotopic (exact) mass is 282 g/mol. The molecule has 0 saturated heterocycles. The number of carbonyl (C=O) groups is 3.